The van der Waals surface area contributed by atoms with Crippen molar-refractivity contribution < 1.29 is 0 Å². The summed E-state index contributed by atoms with van der Waals surface area (Å²) in [5, 5.41) is 4.35. The van der Waals surface area contributed by atoms with Gasteiger partial charge in [-0.1, -0.05) is 26.2 Å². The van der Waals surface area contributed by atoms with Crippen LogP contribution < -0.4 is 5.32 Å². The number of fused-ring (bicyclic) bond motifs is 1. The molecule has 4 heteroatoms. The van der Waals surface area contributed by atoms with E-state index in [2.05, 4.69) is 27.2 Å². The van der Waals surface area contributed by atoms with Crippen LogP contribution in [0.5, 0.6) is 0 Å². The average Bonchev–Trinajstić information content (AvgIpc) is 2.39. The fourth-order valence-corrected chi connectivity index (χ4v) is 1.79. The fourth-order valence-electron chi connectivity index (χ4n) is 1.79. The minimum Gasteiger partial charge on any atom is -0.369 e. The van der Waals surface area contributed by atoms with Gasteiger partial charge in [0.25, 0.3) is 0 Å². The molecule has 17 heavy (non-hydrogen) atoms. The number of nitrogens with one attached hydrogen (secondary N) is 1. The van der Waals surface area contributed by atoms with Gasteiger partial charge in [0.1, 0.15) is 12.1 Å². The molecule has 0 amide bonds. The molecule has 2 rings (SSSR count). The van der Waals surface area contributed by atoms with E-state index in [0.29, 0.717) is 0 Å². The van der Waals surface area contributed by atoms with Crippen molar-refractivity contribution in [1.29, 1.82) is 0 Å². The topological polar surface area (TPSA) is 50.7 Å². The lowest BCUT2D eigenvalue weighted by Gasteiger charge is -2.07. The van der Waals surface area contributed by atoms with Crippen molar-refractivity contribution in [3.05, 3.63) is 24.7 Å². The highest BCUT2D eigenvalue weighted by atomic mass is 15.0. The Morgan fingerprint density at radius 1 is 1.12 bits per heavy atom. The summed E-state index contributed by atoms with van der Waals surface area (Å²) in [6.45, 7) is 3.18. The SMILES string of the molecule is CCCCCCNc1ncnc2ncccc12. The van der Waals surface area contributed by atoms with Crippen LogP contribution in [0.15, 0.2) is 24.7 Å². The lowest BCUT2D eigenvalue weighted by molar-refractivity contribution is 0.684. The number of hydrogen-bond acceptors (Lipinski definition) is 4. The Morgan fingerprint density at radius 3 is 2.94 bits per heavy atom. The molecule has 0 fully saturated rings. The van der Waals surface area contributed by atoms with Crippen molar-refractivity contribution in [2.75, 3.05) is 11.9 Å². The summed E-state index contributed by atoms with van der Waals surface area (Å²) in [6.07, 6.45) is 8.32. The Morgan fingerprint density at radius 2 is 2.06 bits per heavy atom. The zero-order chi connectivity index (χ0) is 11.9. The molecule has 4 nitrogen and oxygen atoms in total. The van der Waals surface area contributed by atoms with E-state index in [1.807, 2.05) is 12.1 Å². The molecular formula is C13H18N4. The molecule has 0 aliphatic carbocycles. The molecule has 0 aromatic carbocycles. The first-order valence-corrected chi connectivity index (χ1v) is 6.21. The molecular weight excluding hydrogens is 212 g/mol. The van der Waals surface area contributed by atoms with E-state index < -0.39 is 0 Å². The summed E-state index contributed by atoms with van der Waals surface area (Å²) in [5.74, 6) is 0.889. The number of nitrogens with zero attached hydrogens (tertiary/aromatic N) is 3. The number of hydrogen-bond donors (Lipinski definition) is 1. The third-order valence-corrected chi connectivity index (χ3v) is 2.73. The number of rotatable bonds is 6. The predicted molar refractivity (Wildman–Crippen MR) is 70.0 cm³/mol. The van der Waals surface area contributed by atoms with Gasteiger partial charge in [-0.3, -0.25) is 0 Å². The van der Waals surface area contributed by atoms with Crippen LogP contribution in [0.3, 0.4) is 0 Å². The molecule has 0 saturated heterocycles. The maximum atomic E-state index is 4.26. The molecule has 2 heterocycles. The van der Waals surface area contributed by atoms with E-state index in [1.54, 1.807) is 12.5 Å². The summed E-state index contributed by atoms with van der Waals surface area (Å²) in [6, 6.07) is 3.91. The first kappa shape index (κ1) is 11.8. The molecule has 0 spiro atoms. The highest BCUT2D eigenvalue weighted by molar-refractivity contribution is 5.85. The largest absolute Gasteiger partial charge is 0.369 e. The van der Waals surface area contributed by atoms with Crippen LogP contribution in [0.2, 0.25) is 0 Å². The molecule has 0 bridgehead atoms. The van der Waals surface area contributed by atoms with E-state index in [0.717, 1.165) is 23.4 Å². The monoisotopic (exact) mass is 230 g/mol. The number of anilines is 1. The van der Waals surface area contributed by atoms with Crippen LogP contribution in [0.25, 0.3) is 11.0 Å². The molecule has 0 aliphatic rings. The maximum Gasteiger partial charge on any atom is 0.164 e. The van der Waals surface area contributed by atoms with Gasteiger partial charge in [-0.05, 0) is 18.6 Å². The molecule has 90 valence electrons. The van der Waals surface area contributed by atoms with Crippen molar-refractivity contribution in [2.45, 2.75) is 32.6 Å². The van der Waals surface area contributed by atoms with Crippen molar-refractivity contribution in [1.82, 2.24) is 15.0 Å². The van der Waals surface area contributed by atoms with Crippen LogP contribution in [0, 0.1) is 0 Å². The number of pyridine rings is 1. The highest BCUT2D eigenvalue weighted by Crippen LogP contribution is 2.16. The summed E-state index contributed by atoms with van der Waals surface area (Å²) in [7, 11) is 0. The number of aromatic nitrogens is 3. The van der Waals surface area contributed by atoms with E-state index in [9.17, 15) is 0 Å². The van der Waals surface area contributed by atoms with Gasteiger partial charge in [-0.15, -0.1) is 0 Å². The predicted octanol–water partition coefficient (Wildman–Crippen LogP) is 3.02. The van der Waals surface area contributed by atoms with Gasteiger partial charge in [-0.25, -0.2) is 15.0 Å². The number of unbranched alkanes of at least 4 members (excludes halogenated alkanes) is 3. The van der Waals surface area contributed by atoms with Crippen molar-refractivity contribution in [3.8, 4) is 0 Å². The van der Waals surface area contributed by atoms with Crippen LogP contribution in [-0.2, 0) is 0 Å². The second-order valence-corrected chi connectivity index (χ2v) is 4.08. The zero-order valence-electron chi connectivity index (χ0n) is 10.2. The molecule has 0 saturated carbocycles. The summed E-state index contributed by atoms with van der Waals surface area (Å²) < 4.78 is 0. The van der Waals surface area contributed by atoms with Gasteiger partial charge in [0.15, 0.2) is 5.65 Å². The van der Waals surface area contributed by atoms with E-state index in [1.165, 1.54) is 25.7 Å². The molecule has 0 atom stereocenters. The van der Waals surface area contributed by atoms with E-state index in [4.69, 9.17) is 0 Å². The molecule has 0 unspecified atom stereocenters. The standard InChI is InChI=1S/C13H18N4/c1-2-3-4-5-8-14-12-11-7-6-9-15-13(11)17-10-16-12/h6-7,9-10H,2-5,8H2,1H3,(H,14,15,16,17). The Hall–Kier alpha value is -1.71. The highest BCUT2D eigenvalue weighted by Gasteiger charge is 2.02. The Labute approximate surface area is 102 Å². The van der Waals surface area contributed by atoms with Gasteiger partial charge >= 0.3 is 0 Å². The first-order chi connectivity index (χ1) is 8.42. The van der Waals surface area contributed by atoms with Crippen molar-refractivity contribution >= 4 is 16.9 Å². The van der Waals surface area contributed by atoms with Gasteiger partial charge in [0, 0.05) is 12.7 Å². The van der Waals surface area contributed by atoms with Crippen LogP contribution in [0.4, 0.5) is 5.82 Å². The lowest BCUT2D eigenvalue weighted by Crippen LogP contribution is -2.04. The normalized spacial score (nSPS) is 10.6. The van der Waals surface area contributed by atoms with Crippen molar-refractivity contribution in [2.24, 2.45) is 0 Å². The van der Waals surface area contributed by atoms with Gasteiger partial charge in [-0.2, -0.15) is 0 Å². The lowest BCUT2D eigenvalue weighted by atomic mass is 10.2. The Bertz CT molecular complexity index is 464. The van der Waals surface area contributed by atoms with Gasteiger partial charge in [0.05, 0.1) is 5.39 Å². The van der Waals surface area contributed by atoms with Crippen LogP contribution in [-0.4, -0.2) is 21.5 Å². The average molecular weight is 230 g/mol. The van der Waals surface area contributed by atoms with Crippen LogP contribution >= 0.6 is 0 Å². The fraction of sp³-hybridized carbons (Fsp3) is 0.462. The molecule has 2 aromatic heterocycles. The molecule has 0 aliphatic heterocycles. The van der Waals surface area contributed by atoms with Crippen LogP contribution in [0.1, 0.15) is 32.6 Å². The quantitative estimate of drug-likeness (QED) is 0.775. The summed E-state index contributed by atoms with van der Waals surface area (Å²) in [4.78, 5) is 12.6. The molecule has 1 N–H and O–H groups in total. The van der Waals surface area contributed by atoms with Crippen molar-refractivity contribution in [3.63, 3.8) is 0 Å². The first-order valence-electron chi connectivity index (χ1n) is 6.21. The second kappa shape index (κ2) is 6.13. The maximum absolute atomic E-state index is 4.26. The molecule has 0 radical (unpaired) electrons. The minimum absolute atomic E-state index is 0.749. The minimum atomic E-state index is 0.749. The van der Waals surface area contributed by atoms with E-state index in [-0.39, 0.29) is 0 Å². The smallest absolute Gasteiger partial charge is 0.164 e. The van der Waals surface area contributed by atoms with E-state index >= 15 is 0 Å². The molecule has 2 aromatic rings. The zero-order valence-corrected chi connectivity index (χ0v) is 10.2. The summed E-state index contributed by atoms with van der Waals surface area (Å²) in [5.41, 5.74) is 0.749. The summed E-state index contributed by atoms with van der Waals surface area (Å²) >= 11 is 0. The van der Waals surface area contributed by atoms with Gasteiger partial charge in [0.2, 0.25) is 0 Å². The Balaban J connectivity index is 1.98. The third-order valence-electron chi connectivity index (χ3n) is 2.73. The third kappa shape index (κ3) is 3.12. The Kier molecular flexibility index (Phi) is 4.24. The van der Waals surface area contributed by atoms with Gasteiger partial charge < -0.3 is 5.32 Å². The second-order valence-electron chi connectivity index (χ2n) is 4.08.